The fraction of sp³-hybridized carbons (Fsp3) is 0.474. The van der Waals surface area contributed by atoms with Crippen LogP contribution in [0.4, 0.5) is 0 Å². The van der Waals surface area contributed by atoms with E-state index in [2.05, 4.69) is 11.0 Å². The third kappa shape index (κ3) is 4.02. The summed E-state index contributed by atoms with van der Waals surface area (Å²) < 4.78 is 11.3. The molecule has 0 saturated carbocycles. The second-order valence-corrected chi connectivity index (χ2v) is 6.30. The van der Waals surface area contributed by atoms with E-state index in [9.17, 15) is 5.11 Å². The van der Waals surface area contributed by atoms with Gasteiger partial charge in [0.25, 0.3) is 0 Å². The van der Waals surface area contributed by atoms with E-state index in [1.165, 1.54) is 5.56 Å². The molecule has 1 fully saturated rings. The number of hydrogen-bond donors (Lipinski definition) is 1. The van der Waals surface area contributed by atoms with Gasteiger partial charge in [0.1, 0.15) is 11.5 Å². The van der Waals surface area contributed by atoms with E-state index in [1.807, 2.05) is 44.2 Å². The second-order valence-electron chi connectivity index (χ2n) is 6.30. The maximum atomic E-state index is 10.5. The normalized spacial score (nSPS) is 20.6. The number of ether oxygens (including phenoxy) is 1. The summed E-state index contributed by atoms with van der Waals surface area (Å²) in [6, 6.07) is 12.2. The van der Waals surface area contributed by atoms with Crippen LogP contribution in [-0.2, 0) is 11.3 Å². The van der Waals surface area contributed by atoms with Crippen molar-refractivity contribution in [2.45, 2.75) is 39.0 Å². The monoisotopic (exact) mass is 315 g/mol. The van der Waals surface area contributed by atoms with Crippen LogP contribution in [0.25, 0.3) is 0 Å². The zero-order chi connectivity index (χ0) is 16.2. The predicted molar refractivity (Wildman–Crippen MR) is 89.2 cm³/mol. The van der Waals surface area contributed by atoms with Crippen LogP contribution in [0.3, 0.4) is 0 Å². The molecule has 0 bridgehead atoms. The molecule has 1 aromatic carbocycles. The van der Waals surface area contributed by atoms with Gasteiger partial charge >= 0.3 is 0 Å². The molecular formula is C19H25NO3. The largest absolute Gasteiger partial charge is 0.466 e. The van der Waals surface area contributed by atoms with Crippen molar-refractivity contribution in [3.63, 3.8) is 0 Å². The summed E-state index contributed by atoms with van der Waals surface area (Å²) >= 11 is 0. The van der Waals surface area contributed by atoms with Crippen LogP contribution in [0.1, 0.15) is 35.2 Å². The second kappa shape index (κ2) is 7.30. The minimum atomic E-state index is -0.461. The average Bonchev–Trinajstić information content (AvgIpc) is 2.87. The molecule has 1 aromatic heterocycles. The molecule has 4 nitrogen and oxygen atoms in total. The van der Waals surface area contributed by atoms with Gasteiger partial charge in [-0.2, -0.15) is 0 Å². The van der Waals surface area contributed by atoms with Gasteiger partial charge in [0, 0.05) is 24.7 Å². The molecule has 1 saturated heterocycles. The number of furan rings is 1. The highest BCUT2D eigenvalue weighted by molar-refractivity contribution is 5.20. The number of rotatable bonds is 5. The first-order valence-electron chi connectivity index (χ1n) is 8.24. The van der Waals surface area contributed by atoms with Crippen molar-refractivity contribution in [3.05, 3.63) is 59.0 Å². The Morgan fingerprint density at radius 1 is 1.26 bits per heavy atom. The highest BCUT2D eigenvalue weighted by atomic mass is 16.5. The quantitative estimate of drug-likeness (QED) is 0.920. The maximum absolute atomic E-state index is 10.5. The number of benzene rings is 1. The molecule has 0 aliphatic carbocycles. The molecule has 0 radical (unpaired) electrons. The molecule has 124 valence electrons. The molecule has 2 heterocycles. The third-order valence-electron chi connectivity index (χ3n) is 4.55. The minimum Gasteiger partial charge on any atom is -0.466 e. The summed E-state index contributed by atoms with van der Waals surface area (Å²) in [4.78, 5) is 2.40. The van der Waals surface area contributed by atoms with Gasteiger partial charge < -0.3 is 14.3 Å². The van der Waals surface area contributed by atoms with Crippen LogP contribution in [0.2, 0.25) is 0 Å². The highest BCUT2D eigenvalue weighted by Crippen LogP contribution is 2.25. The Hall–Kier alpha value is -1.62. The molecule has 3 rings (SSSR count). The Morgan fingerprint density at radius 2 is 2.04 bits per heavy atom. The van der Waals surface area contributed by atoms with Gasteiger partial charge in [-0.25, -0.2) is 0 Å². The molecule has 4 heteroatoms. The standard InChI is InChI=1S/C19H25NO3/c1-14-10-17(15(2)23-14)12-20-8-9-22-13-18(20)11-19(21)16-6-4-3-5-7-16/h3-7,10,18-19,21H,8-9,11-13H2,1-2H3. The lowest BCUT2D eigenvalue weighted by Crippen LogP contribution is -2.45. The first-order valence-corrected chi connectivity index (χ1v) is 8.24. The van der Waals surface area contributed by atoms with E-state index in [-0.39, 0.29) is 6.04 Å². The molecule has 0 amide bonds. The molecule has 2 atom stereocenters. The lowest BCUT2D eigenvalue weighted by molar-refractivity contribution is -0.0301. The lowest BCUT2D eigenvalue weighted by Gasteiger charge is -2.36. The van der Waals surface area contributed by atoms with Crippen molar-refractivity contribution in [2.24, 2.45) is 0 Å². The molecular weight excluding hydrogens is 290 g/mol. The summed E-state index contributed by atoms with van der Waals surface area (Å²) in [7, 11) is 0. The molecule has 1 aliphatic rings. The van der Waals surface area contributed by atoms with Gasteiger partial charge in [0.2, 0.25) is 0 Å². The maximum Gasteiger partial charge on any atom is 0.105 e. The van der Waals surface area contributed by atoms with E-state index in [0.29, 0.717) is 13.0 Å². The molecule has 0 spiro atoms. The van der Waals surface area contributed by atoms with Crippen LogP contribution in [-0.4, -0.2) is 35.8 Å². The average molecular weight is 315 g/mol. The van der Waals surface area contributed by atoms with Crippen LogP contribution in [0.15, 0.2) is 40.8 Å². The Kier molecular flexibility index (Phi) is 5.16. The molecule has 2 unspecified atom stereocenters. The van der Waals surface area contributed by atoms with Gasteiger partial charge in [-0.3, -0.25) is 4.90 Å². The Labute approximate surface area is 137 Å². The minimum absolute atomic E-state index is 0.216. The Bertz CT molecular complexity index is 623. The number of aliphatic hydroxyl groups is 1. The van der Waals surface area contributed by atoms with Gasteiger partial charge in [-0.05, 0) is 31.9 Å². The van der Waals surface area contributed by atoms with E-state index >= 15 is 0 Å². The first kappa shape index (κ1) is 16.2. The Morgan fingerprint density at radius 3 is 2.74 bits per heavy atom. The fourth-order valence-electron chi connectivity index (χ4n) is 3.24. The van der Waals surface area contributed by atoms with Crippen molar-refractivity contribution < 1.29 is 14.3 Å². The van der Waals surface area contributed by atoms with E-state index in [0.717, 1.165) is 36.8 Å². The summed E-state index contributed by atoms with van der Waals surface area (Å²) in [5, 5.41) is 10.5. The van der Waals surface area contributed by atoms with Gasteiger partial charge in [-0.15, -0.1) is 0 Å². The smallest absolute Gasteiger partial charge is 0.105 e. The predicted octanol–water partition coefficient (Wildman–Crippen LogP) is 3.22. The van der Waals surface area contributed by atoms with Crippen molar-refractivity contribution in [1.29, 1.82) is 0 Å². The van der Waals surface area contributed by atoms with Crippen molar-refractivity contribution in [1.82, 2.24) is 4.90 Å². The van der Waals surface area contributed by atoms with Crippen LogP contribution < -0.4 is 0 Å². The van der Waals surface area contributed by atoms with E-state index in [4.69, 9.17) is 9.15 Å². The molecule has 1 N–H and O–H groups in total. The lowest BCUT2D eigenvalue weighted by atomic mass is 10.0. The molecule has 1 aliphatic heterocycles. The van der Waals surface area contributed by atoms with E-state index < -0.39 is 6.10 Å². The fourth-order valence-corrected chi connectivity index (χ4v) is 3.24. The number of morpholine rings is 1. The summed E-state index contributed by atoms with van der Waals surface area (Å²) in [5.41, 5.74) is 2.19. The van der Waals surface area contributed by atoms with Crippen LogP contribution in [0.5, 0.6) is 0 Å². The topological polar surface area (TPSA) is 45.8 Å². The van der Waals surface area contributed by atoms with E-state index in [1.54, 1.807) is 0 Å². The van der Waals surface area contributed by atoms with Crippen molar-refractivity contribution in [2.75, 3.05) is 19.8 Å². The number of aryl methyl sites for hydroxylation is 2. The summed E-state index contributed by atoms with van der Waals surface area (Å²) in [6.07, 6.45) is 0.220. The van der Waals surface area contributed by atoms with Gasteiger partial charge in [0.05, 0.1) is 19.3 Å². The van der Waals surface area contributed by atoms with Crippen molar-refractivity contribution >= 4 is 0 Å². The summed E-state index contributed by atoms with van der Waals surface area (Å²) in [5.74, 6) is 1.93. The van der Waals surface area contributed by atoms with Crippen LogP contribution >= 0.6 is 0 Å². The first-order chi connectivity index (χ1) is 11.1. The van der Waals surface area contributed by atoms with Crippen molar-refractivity contribution in [3.8, 4) is 0 Å². The molecule has 2 aromatic rings. The molecule has 23 heavy (non-hydrogen) atoms. The van der Waals surface area contributed by atoms with Gasteiger partial charge in [-0.1, -0.05) is 30.3 Å². The van der Waals surface area contributed by atoms with Gasteiger partial charge in [0.15, 0.2) is 0 Å². The SMILES string of the molecule is Cc1cc(CN2CCOCC2CC(O)c2ccccc2)c(C)o1. The number of hydrogen-bond acceptors (Lipinski definition) is 4. The zero-order valence-electron chi connectivity index (χ0n) is 13.9. The number of aliphatic hydroxyl groups excluding tert-OH is 1. The Balaban J connectivity index is 1.68. The highest BCUT2D eigenvalue weighted by Gasteiger charge is 2.26. The number of nitrogens with zero attached hydrogens (tertiary/aromatic N) is 1. The van der Waals surface area contributed by atoms with Crippen LogP contribution in [0, 0.1) is 13.8 Å². The summed E-state index contributed by atoms with van der Waals surface area (Å²) in [6.45, 7) is 7.13. The zero-order valence-corrected chi connectivity index (χ0v) is 13.9. The third-order valence-corrected chi connectivity index (χ3v) is 4.55.